The van der Waals surface area contributed by atoms with Gasteiger partial charge in [0.2, 0.25) is 11.8 Å². The third-order valence-corrected chi connectivity index (χ3v) is 5.77. The van der Waals surface area contributed by atoms with Crippen LogP contribution in [0.1, 0.15) is 20.9 Å². The van der Waals surface area contributed by atoms with Gasteiger partial charge in [-0.05, 0) is 31.5 Å². The van der Waals surface area contributed by atoms with E-state index in [-0.39, 0.29) is 6.03 Å². The number of ether oxygens (including phenoxy) is 1. The molecular formula is C21H15N5O3S. The highest BCUT2D eigenvalue weighted by molar-refractivity contribution is 7.21. The Balaban J connectivity index is 1.56. The van der Waals surface area contributed by atoms with Crippen LogP contribution in [0.2, 0.25) is 0 Å². The summed E-state index contributed by atoms with van der Waals surface area (Å²) in [6.07, 6.45) is 3.95. The molecule has 0 aliphatic carbocycles. The number of anilines is 3. The Morgan fingerprint density at radius 1 is 1.13 bits per heavy atom. The van der Waals surface area contributed by atoms with Gasteiger partial charge in [-0.15, -0.1) is 11.3 Å². The van der Waals surface area contributed by atoms with Gasteiger partial charge in [0.25, 0.3) is 0 Å². The Morgan fingerprint density at radius 3 is 2.77 bits per heavy atom. The third kappa shape index (κ3) is 2.87. The molecule has 5 rings (SSSR count). The van der Waals surface area contributed by atoms with Crippen molar-refractivity contribution >= 4 is 50.9 Å². The summed E-state index contributed by atoms with van der Waals surface area (Å²) in [6.45, 7) is 3.76. The molecule has 0 fully saturated rings. The van der Waals surface area contributed by atoms with Crippen LogP contribution in [0.3, 0.4) is 0 Å². The topological polar surface area (TPSA) is 97.3 Å². The van der Waals surface area contributed by atoms with E-state index in [0.717, 1.165) is 22.9 Å². The predicted molar refractivity (Wildman–Crippen MR) is 114 cm³/mol. The normalized spacial score (nSPS) is 12.7. The average molecular weight is 417 g/mol. The van der Waals surface area contributed by atoms with Crippen LogP contribution in [-0.4, -0.2) is 27.3 Å². The van der Waals surface area contributed by atoms with E-state index >= 15 is 0 Å². The second kappa shape index (κ2) is 6.89. The van der Waals surface area contributed by atoms with Crippen LogP contribution in [0.25, 0.3) is 10.2 Å². The first kappa shape index (κ1) is 18.2. The van der Waals surface area contributed by atoms with Gasteiger partial charge in [-0.1, -0.05) is 6.07 Å². The molecule has 0 radical (unpaired) electrons. The number of aromatic nitrogens is 3. The van der Waals surface area contributed by atoms with E-state index in [4.69, 9.17) is 4.74 Å². The van der Waals surface area contributed by atoms with Crippen LogP contribution in [-0.2, 0) is 0 Å². The zero-order chi connectivity index (χ0) is 20.8. The summed E-state index contributed by atoms with van der Waals surface area (Å²) < 4.78 is 5.75. The van der Waals surface area contributed by atoms with E-state index in [2.05, 4.69) is 20.3 Å². The lowest BCUT2D eigenvalue weighted by molar-refractivity contribution is 0.112. The maximum atomic E-state index is 12.9. The number of hydrogen-bond acceptors (Lipinski definition) is 7. The number of nitrogens with one attached hydrogen (secondary N) is 1. The standard InChI is InChI=1S/C21H15N5O3S/c1-11-8-17(29-16-5-3-4-12(2)24-16)23-9-14(11)26-13-6-7-22-20-18(13)19(25-21(26)28)15(10-27)30-20/h3-10H,1-2H3,(H,25,28). The molecule has 0 aromatic carbocycles. The minimum Gasteiger partial charge on any atom is -0.421 e. The van der Waals surface area contributed by atoms with Crippen molar-refractivity contribution < 1.29 is 14.3 Å². The third-order valence-electron chi connectivity index (χ3n) is 4.75. The van der Waals surface area contributed by atoms with Crippen molar-refractivity contribution in [3.8, 4) is 11.8 Å². The summed E-state index contributed by atoms with van der Waals surface area (Å²) in [7, 11) is 0. The number of urea groups is 1. The lowest BCUT2D eigenvalue weighted by Gasteiger charge is -2.29. The summed E-state index contributed by atoms with van der Waals surface area (Å²) in [6, 6.07) is 8.64. The molecule has 0 unspecified atom stereocenters. The van der Waals surface area contributed by atoms with Gasteiger partial charge < -0.3 is 10.1 Å². The van der Waals surface area contributed by atoms with Gasteiger partial charge in [-0.3, -0.25) is 9.69 Å². The lowest BCUT2D eigenvalue weighted by atomic mass is 10.1. The zero-order valence-electron chi connectivity index (χ0n) is 16.0. The van der Waals surface area contributed by atoms with E-state index in [1.165, 1.54) is 16.2 Å². The van der Waals surface area contributed by atoms with Crippen molar-refractivity contribution in [1.29, 1.82) is 0 Å². The minimum absolute atomic E-state index is 0.365. The van der Waals surface area contributed by atoms with Crippen LogP contribution in [0.15, 0.2) is 42.7 Å². The van der Waals surface area contributed by atoms with E-state index in [1.54, 1.807) is 30.6 Å². The highest BCUT2D eigenvalue weighted by atomic mass is 32.1. The number of amides is 2. The number of carbonyl (C=O) groups excluding carboxylic acids is 2. The van der Waals surface area contributed by atoms with E-state index in [0.29, 0.717) is 38.5 Å². The largest absolute Gasteiger partial charge is 0.421 e. The number of hydrogen-bond donors (Lipinski definition) is 1. The molecule has 9 heteroatoms. The Kier molecular flexibility index (Phi) is 4.18. The average Bonchev–Trinajstić information content (AvgIpc) is 3.08. The molecule has 30 heavy (non-hydrogen) atoms. The van der Waals surface area contributed by atoms with Crippen LogP contribution in [0.4, 0.5) is 21.9 Å². The Labute approximate surface area is 175 Å². The molecule has 2 amide bonds. The van der Waals surface area contributed by atoms with Gasteiger partial charge in [0.15, 0.2) is 6.29 Å². The number of nitrogens with zero attached hydrogens (tertiary/aromatic N) is 4. The number of rotatable bonds is 4. The molecule has 1 aliphatic rings. The fourth-order valence-corrected chi connectivity index (χ4v) is 4.36. The Morgan fingerprint density at radius 2 is 2.00 bits per heavy atom. The molecule has 1 aliphatic heterocycles. The van der Waals surface area contributed by atoms with Crippen molar-refractivity contribution in [3.63, 3.8) is 0 Å². The van der Waals surface area contributed by atoms with E-state index < -0.39 is 0 Å². The molecule has 0 atom stereocenters. The summed E-state index contributed by atoms with van der Waals surface area (Å²) in [5.41, 5.74) is 3.40. The van der Waals surface area contributed by atoms with E-state index in [9.17, 15) is 9.59 Å². The van der Waals surface area contributed by atoms with Gasteiger partial charge in [0.1, 0.15) is 4.83 Å². The SMILES string of the molecule is Cc1cccc(Oc2cc(C)c(N3C(=O)Nc4c(C=O)sc5nccc3c45)cn2)n1. The van der Waals surface area contributed by atoms with Crippen molar-refractivity contribution in [2.75, 3.05) is 10.2 Å². The summed E-state index contributed by atoms with van der Waals surface area (Å²) in [5, 5.41) is 3.56. The molecule has 148 valence electrons. The molecule has 4 aromatic heterocycles. The lowest BCUT2D eigenvalue weighted by Crippen LogP contribution is -2.34. The molecule has 8 nitrogen and oxygen atoms in total. The molecular weight excluding hydrogens is 402 g/mol. The van der Waals surface area contributed by atoms with Crippen molar-refractivity contribution in [2.45, 2.75) is 13.8 Å². The summed E-state index contributed by atoms with van der Waals surface area (Å²) in [4.78, 5) is 40.0. The maximum absolute atomic E-state index is 12.9. The number of thiophene rings is 1. The first-order valence-electron chi connectivity index (χ1n) is 9.11. The smallest absolute Gasteiger partial charge is 0.331 e. The Bertz CT molecular complexity index is 1330. The highest BCUT2D eigenvalue weighted by Crippen LogP contribution is 2.45. The molecule has 1 N–H and O–H groups in total. The molecule has 4 aromatic rings. The molecule has 0 bridgehead atoms. The number of aldehydes is 1. The quantitative estimate of drug-likeness (QED) is 0.470. The summed E-state index contributed by atoms with van der Waals surface area (Å²) >= 11 is 1.25. The number of pyridine rings is 3. The zero-order valence-corrected chi connectivity index (χ0v) is 16.9. The van der Waals surface area contributed by atoms with Crippen LogP contribution in [0.5, 0.6) is 11.8 Å². The van der Waals surface area contributed by atoms with Crippen LogP contribution < -0.4 is 15.0 Å². The minimum atomic E-state index is -0.365. The van der Waals surface area contributed by atoms with Gasteiger partial charge in [-0.2, -0.15) is 0 Å². The van der Waals surface area contributed by atoms with Gasteiger partial charge in [-0.25, -0.2) is 19.7 Å². The molecule has 5 heterocycles. The van der Waals surface area contributed by atoms with Gasteiger partial charge >= 0.3 is 6.03 Å². The highest BCUT2D eigenvalue weighted by Gasteiger charge is 2.31. The van der Waals surface area contributed by atoms with Crippen molar-refractivity contribution in [2.24, 2.45) is 0 Å². The number of aryl methyl sites for hydroxylation is 2. The van der Waals surface area contributed by atoms with Crippen molar-refractivity contribution in [3.05, 3.63) is 58.9 Å². The fraction of sp³-hybridized carbons (Fsp3) is 0.0952. The molecule has 0 spiro atoms. The monoisotopic (exact) mass is 417 g/mol. The van der Waals surface area contributed by atoms with Gasteiger partial charge in [0.05, 0.1) is 33.5 Å². The van der Waals surface area contributed by atoms with E-state index in [1.807, 2.05) is 26.0 Å². The molecule has 0 saturated heterocycles. The maximum Gasteiger partial charge on any atom is 0.331 e. The Hall–Kier alpha value is -3.85. The first-order valence-corrected chi connectivity index (χ1v) is 9.93. The predicted octanol–water partition coefficient (Wildman–Crippen LogP) is 4.99. The second-order valence-corrected chi connectivity index (χ2v) is 7.79. The van der Waals surface area contributed by atoms with Gasteiger partial charge in [0, 0.05) is 24.0 Å². The molecule has 0 saturated carbocycles. The second-order valence-electron chi connectivity index (χ2n) is 6.76. The first-order chi connectivity index (χ1) is 14.5. The number of carbonyl (C=O) groups is 2. The fourth-order valence-electron chi connectivity index (χ4n) is 3.42. The van der Waals surface area contributed by atoms with Crippen molar-refractivity contribution in [1.82, 2.24) is 15.0 Å². The van der Waals surface area contributed by atoms with Crippen LogP contribution in [0, 0.1) is 13.8 Å². The van der Waals surface area contributed by atoms with Crippen LogP contribution >= 0.6 is 11.3 Å². The summed E-state index contributed by atoms with van der Waals surface area (Å²) in [5.74, 6) is 0.830.